The number of para-hydroxylation sites is 1. The molecule has 0 aliphatic carbocycles. The highest BCUT2D eigenvalue weighted by molar-refractivity contribution is 6.00. The molecule has 0 unspecified atom stereocenters. The number of hydrogen-bond acceptors (Lipinski definition) is 4. The van der Waals surface area contributed by atoms with Crippen molar-refractivity contribution in [3.8, 4) is 5.69 Å². The van der Waals surface area contributed by atoms with Gasteiger partial charge in [0.05, 0.1) is 11.4 Å². The lowest BCUT2D eigenvalue weighted by Crippen LogP contribution is -2.25. The Balaban J connectivity index is 1.62. The van der Waals surface area contributed by atoms with Gasteiger partial charge >= 0.3 is 6.03 Å². The highest BCUT2D eigenvalue weighted by Crippen LogP contribution is 2.09. The minimum Gasteiger partial charge on any atom is -0.307 e. The zero-order valence-corrected chi connectivity index (χ0v) is 13.0. The molecule has 0 bridgehead atoms. The van der Waals surface area contributed by atoms with Crippen LogP contribution < -0.4 is 10.7 Å². The molecule has 2 aromatic carbocycles. The van der Waals surface area contributed by atoms with E-state index in [4.69, 9.17) is 0 Å². The second kappa shape index (κ2) is 7.19. The van der Waals surface area contributed by atoms with Crippen molar-refractivity contribution in [3.63, 3.8) is 0 Å². The Morgan fingerprint density at radius 1 is 1.08 bits per heavy atom. The van der Waals surface area contributed by atoms with E-state index < -0.39 is 0 Å². The van der Waals surface area contributed by atoms with Crippen molar-refractivity contribution in [2.45, 2.75) is 6.92 Å². The van der Waals surface area contributed by atoms with Crippen molar-refractivity contribution in [1.82, 2.24) is 20.2 Å². The summed E-state index contributed by atoms with van der Waals surface area (Å²) in [7, 11) is 0. The molecule has 0 aliphatic rings. The van der Waals surface area contributed by atoms with Crippen LogP contribution in [0.15, 0.2) is 72.4 Å². The molecule has 120 valence electrons. The van der Waals surface area contributed by atoms with E-state index in [1.165, 1.54) is 6.33 Å². The van der Waals surface area contributed by atoms with Crippen LogP contribution in [0.25, 0.3) is 5.69 Å². The first kappa shape index (κ1) is 15.4. The van der Waals surface area contributed by atoms with E-state index in [1.54, 1.807) is 23.1 Å². The molecule has 0 atom stereocenters. The monoisotopic (exact) mass is 320 g/mol. The van der Waals surface area contributed by atoms with Crippen LogP contribution in [-0.2, 0) is 0 Å². The second-order valence-electron chi connectivity index (χ2n) is 5.02. The minimum atomic E-state index is -0.389. The largest absolute Gasteiger partial charge is 0.339 e. The van der Waals surface area contributed by atoms with Crippen LogP contribution in [0.4, 0.5) is 10.5 Å². The van der Waals surface area contributed by atoms with Crippen molar-refractivity contribution in [2.24, 2.45) is 5.10 Å². The molecule has 0 aliphatic heterocycles. The van der Waals surface area contributed by atoms with Gasteiger partial charge in [0.1, 0.15) is 12.7 Å². The number of hydrogen-bond donors (Lipinski definition) is 2. The van der Waals surface area contributed by atoms with E-state index >= 15 is 0 Å². The lowest BCUT2D eigenvalue weighted by molar-refractivity contribution is 0.252. The molecule has 2 N–H and O–H groups in total. The van der Waals surface area contributed by atoms with Crippen molar-refractivity contribution in [1.29, 1.82) is 0 Å². The topological polar surface area (TPSA) is 84.2 Å². The predicted molar refractivity (Wildman–Crippen MR) is 92.2 cm³/mol. The van der Waals surface area contributed by atoms with Crippen LogP contribution in [0.2, 0.25) is 0 Å². The van der Waals surface area contributed by atoms with E-state index in [0.29, 0.717) is 11.4 Å². The number of benzene rings is 2. The van der Waals surface area contributed by atoms with Gasteiger partial charge in [-0.15, -0.1) is 0 Å². The van der Waals surface area contributed by atoms with E-state index in [1.807, 2.05) is 49.4 Å². The molecule has 7 nitrogen and oxygen atoms in total. The number of aromatic nitrogens is 3. The molecule has 0 saturated heterocycles. The maximum atomic E-state index is 11.8. The fourth-order valence-electron chi connectivity index (χ4n) is 2.08. The summed E-state index contributed by atoms with van der Waals surface area (Å²) in [6.45, 7) is 1.83. The van der Waals surface area contributed by atoms with E-state index in [0.717, 1.165) is 11.3 Å². The van der Waals surface area contributed by atoms with E-state index in [2.05, 4.69) is 25.9 Å². The summed E-state index contributed by atoms with van der Waals surface area (Å²) in [6, 6.07) is 16.4. The quantitative estimate of drug-likeness (QED) is 0.572. The van der Waals surface area contributed by atoms with E-state index in [-0.39, 0.29) is 6.03 Å². The van der Waals surface area contributed by atoms with Crippen LogP contribution in [0, 0.1) is 0 Å². The molecular weight excluding hydrogens is 304 g/mol. The Kier molecular flexibility index (Phi) is 4.62. The van der Waals surface area contributed by atoms with Gasteiger partial charge in [0.15, 0.2) is 0 Å². The fourth-order valence-corrected chi connectivity index (χ4v) is 2.08. The number of nitrogens with zero attached hydrogens (tertiary/aromatic N) is 4. The third kappa shape index (κ3) is 3.83. The number of carbonyl (C=O) groups excluding carboxylic acids is 1. The number of anilines is 1. The van der Waals surface area contributed by atoms with Gasteiger partial charge in [-0.1, -0.05) is 30.3 Å². The zero-order valence-electron chi connectivity index (χ0n) is 13.0. The second-order valence-corrected chi connectivity index (χ2v) is 5.02. The molecule has 3 aromatic rings. The number of hydrazone groups is 1. The van der Waals surface area contributed by atoms with Gasteiger partial charge < -0.3 is 5.32 Å². The van der Waals surface area contributed by atoms with Gasteiger partial charge in [-0.3, -0.25) is 0 Å². The summed E-state index contributed by atoms with van der Waals surface area (Å²) < 4.78 is 1.67. The van der Waals surface area contributed by atoms with Gasteiger partial charge in [-0.05, 0) is 36.8 Å². The normalized spacial score (nSPS) is 11.1. The highest BCUT2D eigenvalue weighted by Gasteiger charge is 2.03. The molecule has 0 radical (unpaired) electrons. The van der Waals surface area contributed by atoms with Crippen molar-refractivity contribution in [3.05, 3.63) is 72.8 Å². The van der Waals surface area contributed by atoms with Crippen LogP contribution in [-0.4, -0.2) is 26.5 Å². The fraction of sp³-hybridized carbons (Fsp3) is 0.0588. The molecule has 3 rings (SSSR count). The molecule has 0 spiro atoms. The average Bonchev–Trinajstić information content (AvgIpc) is 3.15. The number of amides is 2. The number of nitrogens with one attached hydrogen (secondary N) is 2. The third-order valence-electron chi connectivity index (χ3n) is 3.33. The van der Waals surface area contributed by atoms with Gasteiger partial charge in [0.2, 0.25) is 0 Å². The summed E-state index contributed by atoms with van der Waals surface area (Å²) in [5.74, 6) is 0. The Bertz CT molecular complexity index is 825. The third-order valence-corrected chi connectivity index (χ3v) is 3.33. The molecule has 0 saturated carbocycles. The predicted octanol–water partition coefficient (Wildman–Crippen LogP) is 2.81. The molecule has 0 fully saturated rings. The Morgan fingerprint density at radius 2 is 1.83 bits per heavy atom. The van der Waals surface area contributed by atoms with Crippen molar-refractivity contribution in [2.75, 3.05) is 5.32 Å². The summed E-state index contributed by atoms with van der Waals surface area (Å²) in [6.07, 6.45) is 3.11. The number of carbonyl (C=O) groups is 1. The van der Waals surface area contributed by atoms with Crippen LogP contribution in [0.3, 0.4) is 0 Å². The van der Waals surface area contributed by atoms with Crippen LogP contribution in [0.1, 0.15) is 12.5 Å². The van der Waals surface area contributed by atoms with Crippen molar-refractivity contribution < 1.29 is 4.79 Å². The molecule has 1 aromatic heterocycles. The summed E-state index contributed by atoms with van der Waals surface area (Å²) >= 11 is 0. The van der Waals surface area contributed by atoms with Crippen LogP contribution in [0.5, 0.6) is 0 Å². The smallest absolute Gasteiger partial charge is 0.307 e. The number of rotatable bonds is 4. The first-order valence-electron chi connectivity index (χ1n) is 7.34. The van der Waals surface area contributed by atoms with Gasteiger partial charge in [-0.25, -0.2) is 19.9 Å². The highest BCUT2D eigenvalue weighted by atomic mass is 16.2. The van der Waals surface area contributed by atoms with E-state index in [9.17, 15) is 4.79 Å². The Morgan fingerprint density at radius 3 is 2.50 bits per heavy atom. The Labute approximate surface area is 139 Å². The standard InChI is InChI=1S/C17H16N6O/c1-13(21-22-17(24)20-15-5-3-2-4-6-15)14-7-9-16(10-8-14)23-12-18-11-19-23/h2-12H,1H3,(H2,20,22,24)/b21-13-. The zero-order chi connectivity index (χ0) is 16.8. The molecule has 24 heavy (non-hydrogen) atoms. The maximum Gasteiger partial charge on any atom is 0.339 e. The van der Waals surface area contributed by atoms with Gasteiger partial charge in [0.25, 0.3) is 0 Å². The minimum absolute atomic E-state index is 0.389. The lowest BCUT2D eigenvalue weighted by Gasteiger charge is -2.06. The maximum absolute atomic E-state index is 11.8. The first-order chi connectivity index (χ1) is 11.7. The lowest BCUT2D eigenvalue weighted by atomic mass is 10.1. The average molecular weight is 320 g/mol. The first-order valence-corrected chi connectivity index (χ1v) is 7.34. The molecule has 7 heteroatoms. The molecule has 2 amide bonds. The number of urea groups is 1. The molecule has 1 heterocycles. The summed E-state index contributed by atoms with van der Waals surface area (Å²) in [5.41, 5.74) is 5.69. The SMILES string of the molecule is C/C(=N/NC(=O)Nc1ccccc1)c1ccc(-n2cncn2)cc1. The summed E-state index contributed by atoms with van der Waals surface area (Å²) in [5, 5.41) is 10.9. The summed E-state index contributed by atoms with van der Waals surface area (Å²) in [4.78, 5) is 15.7. The van der Waals surface area contributed by atoms with Crippen LogP contribution >= 0.6 is 0 Å². The van der Waals surface area contributed by atoms with Gasteiger partial charge in [0, 0.05) is 5.69 Å². The van der Waals surface area contributed by atoms with Gasteiger partial charge in [-0.2, -0.15) is 10.2 Å². The van der Waals surface area contributed by atoms with Crippen molar-refractivity contribution >= 4 is 17.4 Å². The molecular formula is C17H16N6O. The Hall–Kier alpha value is -3.48.